The monoisotopic (exact) mass is 404 g/mol. The van der Waals surface area contributed by atoms with Gasteiger partial charge in [0.1, 0.15) is 6.04 Å². The Hall–Kier alpha value is -1.92. The first-order chi connectivity index (χ1) is 11.5. The van der Waals surface area contributed by atoms with Gasteiger partial charge >= 0.3 is 0 Å². The molecule has 0 aliphatic heterocycles. The van der Waals surface area contributed by atoms with Gasteiger partial charge < -0.3 is 5.32 Å². The number of nitrogens with one attached hydrogen (secondary N) is 1. The minimum Gasteiger partial charge on any atom is -0.324 e. The van der Waals surface area contributed by atoms with Crippen LogP contribution in [0.15, 0.2) is 51.7 Å². The zero-order valence-corrected chi connectivity index (χ0v) is 15.8. The van der Waals surface area contributed by atoms with Gasteiger partial charge in [-0.05, 0) is 49.2 Å². The Labute approximate surface area is 152 Å². The van der Waals surface area contributed by atoms with E-state index in [-0.39, 0.29) is 11.5 Å². The number of aromatic nitrogens is 1. The summed E-state index contributed by atoms with van der Waals surface area (Å²) in [5.41, 5.74) is 1.66. The van der Waals surface area contributed by atoms with Crippen LogP contribution in [0.4, 0.5) is 5.69 Å². The lowest BCUT2D eigenvalue weighted by Crippen LogP contribution is -2.29. The zero-order chi connectivity index (χ0) is 17.3. The highest BCUT2D eigenvalue weighted by Gasteiger charge is 2.22. The summed E-state index contributed by atoms with van der Waals surface area (Å²) in [6.45, 7) is 3.88. The molecule has 0 fully saturated rings. The smallest absolute Gasteiger partial charge is 0.269 e. The Kier molecular flexibility index (Phi) is 4.87. The second-order valence-corrected chi connectivity index (χ2v) is 7.47. The van der Waals surface area contributed by atoms with Crippen molar-refractivity contribution in [3.8, 4) is 0 Å². The van der Waals surface area contributed by atoms with Gasteiger partial charge in [0.15, 0.2) is 0 Å². The molecule has 1 aromatic heterocycles. The van der Waals surface area contributed by atoms with Crippen molar-refractivity contribution < 1.29 is 4.79 Å². The van der Waals surface area contributed by atoms with E-state index in [1.165, 1.54) is 11.5 Å². The molecule has 0 aliphatic carbocycles. The van der Waals surface area contributed by atoms with Crippen molar-refractivity contribution in [3.05, 3.63) is 62.9 Å². The molecule has 1 unspecified atom stereocenters. The van der Waals surface area contributed by atoms with Gasteiger partial charge in [0.25, 0.3) is 5.56 Å². The largest absolute Gasteiger partial charge is 0.324 e. The number of rotatable bonds is 4. The van der Waals surface area contributed by atoms with Gasteiger partial charge in [-0.2, -0.15) is 0 Å². The summed E-state index contributed by atoms with van der Waals surface area (Å²) >= 11 is 4.78. The van der Waals surface area contributed by atoms with E-state index in [1.807, 2.05) is 50.2 Å². The molecule has 24 heavy (non-hydrogen) atoms. The normalized spacial score (nSPS) is 12.3. The number of anilines is 1. The number of benzene rings is 2. The average molecular weight is 405 g/mol. The Balaban J connectivity index is 1.92. The molecule has 0 radical (unpaired) electrons. The SMILES string of the molecule is CCC(C(=O)Nc1ccc(Br)c(C)c1)n1sc2ccccc2c1=O. The van der Waals surface area contributed by atoms with Crippen LogP contribution in [0.2, 0.25) is 0 Å². The molecule has 124 valence electrons. The predicted molar refractivity (Wildman–Crippen MR) is 103 cm³/mol. The molecule has 0 spiro atoms. The van der Waals surface area contributed by atoms with E-state index in [0.29, 0.717) is 11.8 Å². The molecule has 0 saturated carbocycles. The van der Waals surface area contributed by atoms with Gasteiger partial charge in [0, 0.05) is 10.2 Å². The fraction of sp³-hybridized carbons (Fsp3) is 0.222. The first-order valence-electron chi connectivity index (χ1n) is 7.69. The lowest BCUT2D eigenvalue weighted by atomic mass is 10.2. The van der Waals surface area contributed by atoms with E-state index in [9.17, 15) is 9.59 Å². The molecular weight excluding hydrogens is 388 g/mol. The summed E-state index contributed by atoms with van der Waals surface area (Å²) in [6, 6.07) is 12.6. The molecule has 1 amide bonds. The minimum absolute atomic E-state index is 0.107. The zero-order valence-electron chi connectivity index (χ0n) is 13.4. The molecule has 6 heteroatoms. The topological polar surface area (TPSA) is 51.1 Å². The molecule has 1 heterocycles. The standard InChI is InChI=1S/C18H17BrN2O2S/c1-3-15(17(22)20-12-8-9-14(19)11(2)10-12)21-18(23)13-6-4-5-7-16(13)24-21/h4-10,15H,3H2,1-2H3,(H,20,22). The summed E-state index contributed by atoms with van der Waals surface area (Å²) in [4.78, 5) is 25.3. The van der Waals surface area contributed by atoms with Crippen molar-refractivity contribution in [2.24, 2.45) is 0 Å². The molecule has 2 aromatic carbocycles. The number of fused-ring (bicyclic) bond motifs is 1. The molecule has 3 rings (SSSR count). The van der Waals surface area contributed by atoms with Crippen LogP contribution in [-0.2, 0) is 4.79 Å². The van der Waals surface area contributed by atoms with Crippen molar-refractivity contribution >= 4 is 49.1 Å². The van der Waals surface area contributed by atoms with E-state index in [2.05, 4.69) is 21.2 Å². The number of carbonyl (C=O) groups is 1. The highest BCUT2D eigenvalue weighted by molar-refractivity contribution is 9.10. The summed E-state index contributed by atoms with van der Waals surface area (Å²) in [5.74, 6) is -0.173. The van der Waals surface area contributed by atoms with Crippen LogP contribution in [0.5, 0.6) is 0 Å². The molecule has 0 bridgehead atoms. The van der Waals surface area contributed by atoms with Crippen LogP contribution < -0.4 is 10.9 Å². The molecule has 4 nitrogen and oxygen atoms in total. The third-order valence-electron chi connectivity index (χ3n) is 3.91. The Morgan fingerprint density at radius 1 is 1.29 bits per heavy atom. The number of hydrogen-bond acceptors (Lipinski definition) is 3. The van der Waals surface area contributed by atoms with Crippen LogP contribution in [0.1, 0.15) is 24.9 Å². The van der Waals surface area contributed by atoms with Crippen molar-refractivity contribution in [3.63, 3.8) is 0 Å². The summed E-state index contributed by atoms with van der Waals surface area (Å²) < 4.78 is 3.47. The van der Waals surface area contributed by atoms with Crippen molar-refractivity contribution in [2.75, 3.05) is 5.32 Å². The van der Waals surface area contributed by atoms with Crippen LogP contribution in [0.3, 0.4) is 0 Å². The maximum absolute atomic E-state index is 12.7. The molecule has 3 aromatic rings. The average Bonchev–Trinajstić information content (AvgIpc) is 2.89. The third kappa shape index (κ3) is 3.16. The van der Waals surface area contributed by atoms with Gasteiger partial charge in [-0.15, -0.1) is 0 Å². The molecule has 0 saturated heterocycles. The van der Waals surface area contributed by atoms with Gasteiger partial charge in [0.2, 0.25) is 5.91 Å². The Morgan fingerprint density at radius 2 is 2.04 bits per heavy atom. The van der Waals surface area contributed by atoms with E-state index < -0.39 is 6.04 Å². The number of nitrogens with zero attached hydrogens (tertiary/aromatic N) is 1. The van der Waals surface area contributed by atoms with E-state index in [1.54, 1.807) is 10.0 Å². The highest BCUT2D eigenvalue weighted by atomic mass is 79.9. The number of aryl methyl sites for hydroxylation is 1. The second-order valence-electron chi connectivity index (χ2n) is 5.60. The van der Waals surface area contributed by atoms with Crippen molar-refractivity contribution in [1.82, 2.24) is 3.96 Å². The van der Waals surface area contributed by atoms with E-state index in [0.717, 1.165) is 20.4 Å². The molecule has 0 aliphatic rings. The Bertz CT molecular complexity index is 961. The number of hydrogen-bond donors (Lipinski definition) is 1. The summed E-state index contributed by atoms with van der Waals surface area (Å²) in [6.07, 6.45) is 0.550. The lowest BCUT2D eigenvalue weighted by Gasteiger charge is -2.15. The minimum atomic E-state index is -0.515. The van der Waals surface area contributed by atoms with Crippen molar-refractivity contribution in [2.45, 2.75) is 26.3 Å². The predicted octanol–water partition coefficient (Wildman–Crippen LogP) is 4.72. The van der Waals surface area contributed by atoms with Crippen LogP contribution >= 0.6 is 27.5 Å². The summed E-state index contributed by atoms with van der Waals surface area (Å²) in [5, 5.41) is 3.58. The van der Waals surface area contributed by atoms with Gasteiger partial charge in [-0.25, -0.2) is 0 Å². The van der Waals surface area contributed by atoms with Crippen molar-refractivity contribution in [1.29, 1.82) is 0 Å². The quantitative estimate of drug-likeness (QED) is 0.683. The third-order valence-corrected chi connectivity index (χ3v) is 5.97. The number of amides is 1. The number of halogens is 1. The second kappa shape index (κ2) is 6.91. The van der Waals surface area contributed by atoms with Crippen LogP contribution in [-0.4, -0.2) is 9.86 Å². The molecule has 1 N–H and O–H groups in total. The van der Waals surface area contributed by atoms with E-state index in [4.69, 9.17) is 0 Å². The van der Waals surface area contributed by atoms with Crippen LogP contribution in [0.25, 0.3) is 10.1 Å². The first kappa shape index (κ1) is 16.9. The number of carbonyl (C=O) groups excluding carboxylic acids is 1. The summed E-state index contributed by atoms with van der Waals surface area (Å²) in [7, 11) is 0. The van der Waals surface area contributed by atoms with Gasteiger partial charge in [0.05, 0.1) is 10.1 Å². The van der Waals surface area contributed by atoms with Gasteiger partial charge in [-0.1, -0.05) is 46.5 Å². The fourth-order valence-corrected chi connectivity index (χ4v) is 4.00. The van der Waals surface area contributed by atoms with E-state index >= 15 is 0 Å². The first-order valence-corrected chi connectivity index (χ1v) is 9.25. The maximum Gasteiger partial charge on any atom is 0.269 e. The lowest BCUT2D eigenvalue weighted by molar-refractivity contribution is -0.119. The molecular formula is C18H17BrN2O2S. The maximum atomic E-state index is 12.7. The fourth-order valence-electron chi connectivity index (χ4n) is 2.60. The Morgan fingerprint density at radius 3 is 2.71 bits per heavy atom. The highest BCUT2D eigenvalue weighted by Crippen LogP contribution is 2.24. The van der Waals surface area contributed by atoms with Crippen LogP contribution in [0, 0.1) is 6.92 Å². The molecule has 1 atom stereocenters. The van der Waals surface area contributed by atoms with Gasteiger partial charge in [-0.3, -0.25) is 13.5 Å².